The van der Waals surface area contributed by atoms with Crippen LogP contribution < -0.4 is 10.6 Å². The summed E-state index contributed by atoms with van der Waals surface area (Å²) in [7, 11) is 0. The smallest absolute Gasteiger partial charge is 0.223 e. The number of aryl methyl sites for hydroxylation is 3. The molecule has 0 radical (unpaired) electrons. The van der Waals surface area contributed by atoms with E-state index in [0.29, 0.717) is 18.2 Å². The van der Waals surface area contributed by atoms with Crippen molar-refractivity contribution in [3.05, 3.63) is 41.3 Å². The van der Waals surface area contributed by atoms with Crippen molar-refractivity contribution in [2.24, 2.45) is 5.92 Å². The Bertz CT molecular complexity index is 845. The molecular formula is C21H28N6O. The minimum Gasteiger partial charge on any atom is -0.367 e. The molecule has 1 aliphatic carbocycles. The summed E-state index contributed by atoms with van der Waals surface area (Å²) in [5.41, 5.74) is 2.79. The van der Waals surface area contributed by atoms with Gasteiger partial charge in [-0.2, -0.15) is 10.4 Å². The van der Waals surface area contributed by atoms with Crippen LogP contribution in [-0.4, -0.2) is 33.3 Å². The van der Waals surface area contributed by atoms with Gasteiger partial charge in [-0.25, -0.2) is 4.98 Å². The van der Waals surface area contributed by atoms with Crippen LogP contribution in [-0.2, 0) is 11.3 Å². The van der Waals surface area contributed by atoms with Crippen LogP contribution in [0, 0.1) is 31.1 Å². The Morgan fingerprint density at radius 3 is 2.75 bits per heavy atom. The van der Waals surface area contributed by atoms with Gasteiger partial charge in [0.2, 0.25) is 5.91 Å². The van der Waals surface area contributed by atoms with Crippen molar-refractivity contribution in [1.82, 2.24) is 20.1 Å². The van der Waals surface area contributed by atoms with Crippen LogP contribution in [0.2, 0.25) is 0 Å². The monoisotopic (exact) mass is 380 g/mol. The van der Waals surface area contributed by atoms with Crippen molar-refractivity contribution >= 4 is 11.7 Å². The molecule has 3 rings (SSSR count). The van der Waals surface area contributed by atoms with Crippen molar-refractivity contribution in [2.75, 3.05) is 11.9 Å². The van der Waals surface area contributed by atoms with Gasteiger partial charge in [-0.05, 0) is 64.2 Å². The Kier molecular flexibility index (Phi) is 6.64. The lowest BCUT2D eigenvalue weighted by Crippen LogP contribution is -2.36. The van der Waals surface area contributed by atoms with E-state index in [1.54, 1.807) is 18.3 Å². The highest BCUT2D eigenvalue weighted by Crippen LogP contribution is 2.26. The Morgan fingerprint density at radius 1 is 1.29 bits per heavy atom. The van der Waals surface area contributed by atoms with Crippen molar-refractivity contribution < 1.29 is 4.79 Å². The normalized spacial score (nSPS) is 19.0. The first-order valence-corrected chi connectivity index (χ1v) is 9.96. The van der Waals surface area contributed by atoms with Gasteiger partial charge in [0.1, 0.15) is 5.82 Å². The van der Waals surface area contributed by atoms with E-state index in [4.69, 9.17) is 5.26 Å². The van der Waals surface area contributed by atoms with Gasteiger partial charge >= 0.3 is 0 Å². The highest BCUT2D eigenvalue weighted by Gasteiger charge is 2.26. The summed E-state index contributed by atoms with van der Waals surface area (Å²) in [5, 5.41) is 19.9. The van der Waals surface area contributed by atoms with Crippen LogP contribution in [0.5, 0.6) is 0 Å². The lowest BCUT2D eigenvalue weighted by atomic mass is 9.85. The second kappa shape index (κ2) is 9.36. The maximum absolute atomic E-state index is 12.4. The Hall–Kier alpha value is -2.88. The SMILES string of the molecule is Cc1cc(C)n(CCCNC(=O)C2CCC(Nc3cc(C#N)ccn3)CC2)n1. The number of carbonyl (C=O) groups is 1. The van der Waals surface area contributed by atoms with Crippen molar-refractivity contribution in [3.63, 3.8) is 0 Å². The van der Waals surface area contributed by atoms with Crippen LogP contribution in [0.25, 0.3) is 0 Å². The number of pyridine rings is 1. The molecule has 0 unspecified atom stereocenters. The maximum atomic E-state index is 12.4. The molecule has 0 aliphatic heterocycles. The number of nitriles is 1. The molecule has 1 aliphatic rings. The summed E-state index contributed by atoms with van der Waals surface area (Å²) in [6, 6.07) is 7.96. The largest absolute Gasteiger partial charge is 0.367 e. The molecule has 1 fully saturated rings. The van der Waals surface area contributed by atoms with E-state index in [1.807, 2.05) is 11.6 Å². The maximum Gasteiger partial charge on any atom is 0.223 e. The summed E-state index contributed by atoms with van der Waals surface area (Å²) in [6.45, 7) is 5.55. The molecule has 7 nitrogen and oxygen atoms in total. The molecule has 2 aromatic rings. The van der Waals surface area contributed by atoms with E-state index in [2.05, 4.69) is 39.8 Å². The molecule has 148 valence electrons. The van der Waals surface area contributed by atoms with Crippen molar-refractivity contribution in [1.29, 1.82) is 5.26 Å². The van der Waals surface area contributed by atoms with E-state index in [1.165, 1.54) is 0 Å². The Morgan fingerprint density at radius 2 is 2.07 bits per heavy atom. The molecule has 0 atom stereocenters. The minimum atomic E-state index is 0.0881. The van der Waals surface area contributed by atoms with Gasteiger partial charge in [-0.1, -0.05) is 0 Å². The fourth-order valence-electron chi connectivity index (χ4n) is 3.77. The summed E-state index contributed by atoms with van der Waals surface area (Å²) in [5.74, 6) is 0.984. The molecule has 28 heavy (non-hydrogen) atoms. The summed E-state index contributed by atoms with van der Waals surface area (Å²) < 4.78 is 1.99. The highest BCUT2D eigenvalue weighted by atomic mass is 16.1. The molecule has 7 heteroatoms. The van der Waals surface area contributed by atoms with E-state index in [-0.39, 0.29) is 11.8 Å². The number of nitrogens with zero attached hydrogens (tertiary/aromatic N) is 4. The highest BCUT2D eigenvalue weighted by molar-refractivity contribution is 5.78. The van der Waals surface area contributed by atoms with Gasteiger partial charge in [0, 0.05) is 36.9 Å². The topological polar surface area (TPSA) is 95.6 Å². The predicted molar refractivity (Wildman–Crippen MR) is 108 cm³/mol. The molecule has 0 spiro atoms. The third-order valence-electron chi connectivity index (χ3n) is 5.29. The number of aromatic nitrogens is 3. The standard InChI is InChI=1S/C21H28N6O/c1-15-12-16(2)27(26-15)11-3-9-24-21(28)18-4-6-19(7-5-18)25-20-13-17(14-22)8-10-23-20/h8,10,12-13,18-19H,3-7,9,11H2,1-2H3,(H,23,25)(H,24,28). The number of nitrogens with one attached hydrogen (secondary N) is 2. The van der Waals surface area contributed by atoms with Crippen LogP contribution in [0.15, 0.2) is 24.4 Å². The molecule has 2 N–H and O–H groups in total. The Labute approximate surface area is 166 Å². The minimum absolute atomic E-state index is 0.0881. The van der Waals surface area contributed by atoms with Gasteiger partial charge in [-0.3, -0.25) is 9.48 Å². The lowest BCUT2D eigenvalue weighted by molar-refractivity contribution is -0.125. The summed E-state index contributed by atoms with van der Waals surface area (Å²) in [6.07, 6.45) is 6.14. The average Bonchev–Trinajstić information content (AvgIpc) is 3.03. The zero-order chi connectivity index (χ0) is 19.9. The van der Waals surface area contributed by atoms with E-state index in [9.17, 15) is 4.79 Å². The van der Waals surface area contributed by atoms with E-state index in [0.717, 1.165) is 55.9 Å². The average molecular weight is 380 g/mol. The predicted octanol–water partition coefficient (Wildman–Crippen LogP) is 2.94. The third-order valence-corrected chi connectivity index (χ3v) is 5.29. The molecule has 2 heterocycles. The number of anilines is 1. The number of carbonyl (C=O) groups excluding carboxylic acids is 1. The molecule has 1 saturated carbocycles. The lowest BCUT2D eigenvalue weighted by Gasteiger charge is -2.28. The number of hydrogen-bond donors (Lipinski definition) is 2. The van der Waals surface area contributed by atoms with Gasteiger partial charge in [0.25, 0.3) is 0 Å². The van der Waals surface area contributed by atoms with Gasteiger partial charge < -0.3 is 10.6 Å². The first kappa shape index (κ1) is 19.9. The van der Waals surface area contributed by atoms with Crippen molar-refractivity contribution in [3.8, 4) is 6.07 Å². The molecule has 0 saturated heterocycles. The van der Waals surface area contributed by atoms with E-state index >= 15 is 0 Å². The number of hydrogen-bond acceptors (Lipinski definition) is 5. The van der Waals surface area contributed by atoms with Crippen LogP contribution in [0.1, 0.15) is 49.1 Å². The first-order chi connectivity index (χ1) is 13.5. The Balaban J connectivity index is 1.36. The molecule has 1 amide bonds. The number of amides is 1. The molecule has 2 aromatic heterocycles. The van der Waals surface area contributed by atoms with Gasteiger partial charge in [0.05, 0.1) is 17.3 Å². The second-order valence-corrected chi connectivity index (χ2v) is 7.53. The van der Waals surface area contributed by atoms with Crippen LogP contribution in [0.3, 0.4) is 0 Å². The third kappa shape index (κ3) is 5.32. The van der Waals surface area contributed by atoms with E-state index < -0.39 is 0 Å². The zero-order valence-corrected chi connectivity index (χ0v) is 16.6. The quantitative estimate of drug-likeness (QED) is 0.720. The fourth-order valence-corrected chi connectivity index (χ4v) is 3.77. The van der Waals surface area contributed by atoms with Gasteiger partial charge in [0.15, 0.2) is 0 Å². The second-order valence-electron chi connectivity index (χ2n) is 7.53. The summed E-state index contributed by atoms with van der Waals surface area (Å²) in [4.78, 5) is 16.7. The van der Waals surface area contributed by atoms with Gasteiger partial charge in [-0.15, -0.1) is 0 Å². The zero-order valence-electron chi connectivity index (χ0n) is 16.6. The number of rotatable bonds is 7. The fraction of sp³-hybridized carbons (Fsp3) is 0.524. The van der Waals surface area contributed by atoms with Crippen LogP contribution >= 0.6 is 0 Å². The molecular weight excluding hydrogens is 352 g/mol. The summed E-state index contributed by atoms with van der Waals surface area (Å²) >= 11 is 0. The molecule has 0 aromatic carbocycles. The molecule has 0 bridgehead atoms. The van der Waals surface area contributed by atoms with Crippen molar-refractivity contribution in [2.45, 2.75) is 58.5 Å². The van der Waals surface area contributed by atoms with Crippen LogP contribution in [0.4, 0.5) is 5.82 Å². The first-order valence-electron chi connectivity index (χ1n) is 9.96.